The van der Waals surface area contributed by atoms with Crippen molar-refractivity contribution < 1.29 is 9.53 Å². The number of piperidine rings is 1. The van der Waals surface area contributed by atoms with Crippen molar-refractivity contribution in [2.45, 2.75) is 12.8 Å². The lowest BCUT2D eigenvalue weighted by Gasteiger charge is -2.35. The van der Waals surface area contributed by atoms with E-state index in [1.54, 1.807) is 13.3 Å². The maximum atomic E-state index is 12.6. The summed E-state index contributed by atoms with van der Waals surface area (Å²) in [6, 6.07) is 0. The minimum absolute atomic E-state index is 0.0711. The second-order valence-corrected chi connectivity index (χ2v) is 6.31. The Hall–Kier alpha value is -0.570. The number of carbonyl (C=O) groups excluding carboxylic acids is 1. The molecule has 1 aliphatic heterocycles. The monoisotopic (exact) mass is 406 g/mol. The van der Waals surface area contributed by atoms with Crippen LogP contribution in [0.25, 0.3) is 0 Å². The molecule has 0 bridgehead atoms. The highest BCUT2D eigenvalue weighted by Crippen LogP contribution is 2.31. The molecule has 20 heavy (non-hydrogen) atoms. The van der Waals surface area contributed by atoms with Gasteiger partial charge in [0.25, 0.3) is 0 Å². The van der Waals surface area contributed by atoms with Crippen molar-refractivity contribution in [3.63, 3.8) is 0 Å². The van der Waals surface area contributed by atoms with Crippen LogP contribution in [0.4, 0.5) is 5.82 Å². The van der Waals surface area contributed by atoms with Crippen LogP contribution in [0.5, 0.6) is 0 Å². The lowest BCUT2D eigenvalue weighted by molar-refractivity contribution is -0.130. The Morgan fingerprint density at radius 2 is 2.20 bits per heavy atom. The molecular weight excluding hydrogens is 392 g/mol. The number of carbonyl (C=O) groups is 1. The van der Waals surface area contributed by atoms with Crippen LogP contribution in [-0.4, -0.2) is 42.7 Å². The molecule has 2 N–H and O–H groups in total. The van der Waals surface area contributed by atoms with Crippen molar-refractivity contribution in [3.8, 4) is 0 Å². The molecule has 0 saturated carbocycles. The normalized spacial score (nSPS) is 17.8. The average Bonchev–Trinajstić information content (AvgIpc) is 2.43. The van der Waals surface area contributed by atoms with Gasteiger partial charge in [0.1, 0.15) is 9.21 Å². The first kappa shape index (κ1) is 15.8. The first-order valence-corrected chi connectivity index (χ1v) is 7.85. The van der Waals surface area contributed by atoms with Gasteiger partial charge >= 0.3 is 0 Å². The zero-order valence-electron chi connectivity index (χ0n) is 11.1. The minimum atomic E-state index is -0.506. The SMILES string of the molecule is COCC1(C(=O)Nc2ncc(Br)nc2Br)CCNCC1. The van der Waals surface area contributed by atoms with Gasteiger partial charge in [0.15, 0.2) is 5.82 Å². The smallest absolute Gasteiger partial charge is 0.234 e. The van der Waals surface area contributed by atoms with Crippen LogP contribution in [0.1, 0.15) is 12.8 Å². The number of aromatic nitrogens is 2. The van der Waals surface area contributed by atoms with Gasteiger partial charge < -0.3 is 15.4 Å². The molecular formula is C12H16Br2N4O2. The number of anilines is 1. The molecule has 0 aromatic carbocycles. The van der Waals surface area contributed by atoms with Crippen LogP contribution in [-0.2, 0) is 9.53 Å². The molecule has 6 nitrogen and oxygen atoms in total. The van der Waals surface area contributed by atoms with Gasteiger partial charge in [-0.1, -0.05) is 0 Å². The molecule has 110 valence electrons. The second kappa shape index (κ2) is 6.93. The number of hydrogen-bond acceptors (Lipinski definition) is 5. The van der Waals surface area contributed by atoms with E-state index in [9.17, 15) is 4.79 Å². The molecule has 1 fully saturated rings. The van der Waals surface area contributed by atoms with Crippen LogP contribution >= 0.6 is 31.9 Å². The van der Waals surface area contributed by atoms with Gasteiger partial charge in [-0.25, -0.2) is 9.97 Å². The topological polar surface area (TPSA) is 76.1 Å². The third kappa shape index (κ3) is 3.55. The molecule has 8 heteroatoms. The maximum absolute atomic E-state index is 12.6. The van der Waals surface area contributed by atoms with Crippen molar-refractivity contribution in [1.29, 1.82) is 0 Å². The van der Waals surface area contributed by atoms with E-state index in [1.807, 2.05) is 0 Å². The fraction of sp³-hybridized carbons (Fsp3) is 0.583. The summed E-state index contributed by atoms with van der Waals surface area (Å²) in [5, 5.41) is 6.10. The molecule has 1 saturated heterocycles. The van der Waals surface area contributed by atoms with Gasteiger partial charge in [0, 0.05) is 7.11 Å². The Bertz CT molecular complexity index is 487. The van der Waals surface area contributed by atoms with Crippen LogP contribution in [0, 0.1) is 5.41 Å². The number of halogens is 2. The maximum Gasteiger partial charge on any atom is 0.234 e. The number of hydrogen-bond donors (Lipinski definition) is 2. The van der Waals surface area contributed by atoms with Crippen LogP contribution in [0.2, 0.25) is 0 Å². The summed E-state index contributed by atoms with van der Waals surface area (Å²) >= 11 is 6.52. The Kier molecular flexibility index (Phi) is 5.48. The van der Waals surface area contributed by atoms with Crippen LogP contribution < -0.4 is 10.6 Å². The van der Waals surface area contributed by atoms with E-state index in [1.165, 1.54) is 0 Å². The highest BCUT2D eigenvalue weighted by Gasteiger charge is 2.40. The zero-order chi connectivity index (χ0) is 14.6. The third-order valence-corrected chi connectivity index (χ3v) is 4.33. The summed E-state index contributed by atoms with van der Waals surface area (Å²) in [5.41, 5.74) is -0.506. The van der Waals surface area contributed by atoms with E-state index >= 15 is 0 Å². The van der Waals surface area contributed by atoms with E-state index in [0.717, 1.165) is 25.9 Å². The number of ether oxygens (including phenoxy) is 1. The summed E-state index contributed by atoms with van der Waals surface area (Å²) in [5.74, 6) is 0.352. The number of nitrogens with one attached hydrogen (secondary N) is 2. The average molecular weight is 408 g/mol. The summed E-state index contributed by atoms with van der Waals surface area (Å²) in [6.45, 7) is 2.02. The van der Waals surface area contributed by atoms with Gasteiger partial charge in [0.2, 0.25) is 5.91 Å². The molecule has 1 amide bonds. The third-order valence-electron chi connectivity index (χ3n) is 3.40. The van der Waals surface area contributed by atoms with Gasteiger partial charge in [-0.2, -0.15) is 0 Å². The van der Waals surface area contributed by atoms with Gasteiger partial charge in [-0.3, -0.25) is 4.79 Å². The Morgan fingerprint density at radius 3 is 2.80 bits per heavy atom. The van der Waals surface area contributed by atoms with Crippen LogP contribution in [0.15, 0.2) is 15.4 Å². The lowest BCUT2D eigenvalue weighted by atomic mass is 9.78. The van der Waals surface area contributed by atoms with Crippen molar-refractivity contribution >= 4 is 43.6 Å². The van der Waals surface area contributed by atoms with E-state index in [4.69, 9.17) is 4.74 Å². The molecule has 2 rings (SSSR count). The molecule has 1 aromatic rings. The summed E-state index contributed by atoms with van der Waals surface area (Å²) in [6.07, 6.45) is 3.04. The number of nitrogens with zero attached hydrogens (tertiary/aromatic N) is 2. The van der Waals surface area contributed by atoms with Crippen molar-refractivity contribution in [1.82, 2.24) is 15.3 Å². The quantitative estimate of drug-likeness (QED) is 0.797. The Labute approximate surface area is 134 Å². The first-order chi connectivity index (χ1) is 9.57. The molecule has 2 heterocycles. The number of methoxy groups -OCH3 is 1. The highest BCUT2D eigenvalue weighted by atomic mass is 79.9. The van der Waals surface area contributed by atoms with Crippen molar-refractivity contribution in [2.75, 3.05) is 32.1 Å². The summed E-state index contributed by atoms with van der Waals surface area (Å²) in [4.78, 5) is 20.9. The number of rotatable bonds is 4. The molecule has 0 unspecified atom stereocenters. The lowest BCUT2D eigenvalue weighted by Crippen LogP contribution is -2.47. The minimum Gasteiger partial charge on any atom is -0.384 e. The fourth-order valence-corrected chi connectivity index (χ4v) is 3.20. The largest absolute Gasteiger partial charge is 0.384 e. The van der Waals surface area contributed by atoms with Gasteiger partial charge in [-0.05, 0) is 57.8 Å². The first-order valence-electron chi connectivity index (χ1n) is 6.26. The van der Waals surface area contributed by atoms with E-state index in [0.29, 0.717) is 21.6 Å². The molecule has 0 radical (unpaired) electrons. The molecule has 0 aliphatic carbocycles. The van der Waals surface area contributed by atoms with E-state index in [-0.39, 0.29) is 5.91 Å². The van der Waals surface area contributed by atoms with Crippen molar-refractivity contribution in [3.05, 3.63) is 15.4 Å². The Morgan fingerprint density at radius 1 is 1.50 bits per heavy atom. The predicted molar refractivity (Wildman–Crippen MR) is 82.5 cm³/mol. The number of amides is 1. The zero-order valence-corrected chi connectivity index (χ0v) is 14.3. The Balaban J connectivity index is 2.15. The predicted octanol–water partition coefficient (Wildman–Crippen LogP) is 1.96. The van der Waals surface area contributed by atoms with Crippen LogP contribution in [0.3, 0.4) is 0 Å². The van der Waals surface area contributed by atoms with Gasteiger partial charge in [0.05, 0.1) is 18.2 Å². The molecule has 1 aromatic heterocycles. The molecule has 0 atom stereocenters. The molecule has 0 spiro atoms. The van der Waals surface area contributed by atoms with E-state index < -0.39 is 5.41 Å². The standard InChI is InChI=1S/C12H16Br2N4O2/c1-20-7-12(2-4-15-5-3-12)11(19)18-10-9(14)17-8(13)6-16-10/h6,15H,2-5,7H2,1H3,(H,16,18,19). The van der Waals surface area contributed by atoms with Crippen molar-refractivity contribution in [2.24, 2.45) is 5.41 Å². The molecule has 1 aliphatic rings. The second-order valence-electron chi connectivity index (χ2n) is 4.75. The highest BCUT2D eigenvalue weighted by molar-refractivity contribution is 9.11. The summed E-state index contributed by atoms with van der Waals surface area (Å²) in [7, 11) is 1.62. The van der Waals surface area contributed by atoms with Gasteiger partial charge in [-0.15, -0.1) is 0 Å². The van der Waals surface area contributed by atoms with E-state index in [2.05, 4.69) is 52.5 Å². The summed E-state index contributed by atoms with van der Waals surface area (Å²) < 4.78 is 6.36. The fourth-order valence-electron chi connectivity index (χ4n) is 2.29.